The number of hydrogen-bond acceptors (Lipinski definition) is 6. The number of pyridine rings is 1. The molecule has 0 amide bonds. The van der Waals surface area contributed by atoms with Crippen molar-refractivity contribution in [2.24, 2.45) is 5.92 Å². The van der Waals surface area contributed by atoms with Gasteiger partial charge in [-0.15, -0.1) is 10.2 Å². The van der Waals surface area contributed by atoms with Crippen LogP contribution in [0.3, 0.4) is 0 Å². The fraction of sp³-hybridized carbons (Fsp3) is 0.316. The lowest BCUT2D eigenvalue weighted by Gasteiger charge is -2.26. The smallest absolute Gasteiger partial charge is 0.177 e. The second-order valence-corrected chi connectivity index (χ2v) is 6.63. The molecular weight excluding hydrogens is 347 g/mol. The molecule has 1 N–H and O–H groups in total. The third-order valence-electron chi connectivity index (χ3n) is 4.89. The maximum absolute atomic E-state index is 14.2. The summed E-state index contributed by atoms with van der Waals surface area (Å²) in [5.74, 6) is 0.630. The minimum Gasteiger partial charge on any atom is -0.507 e. The summed E-state index contributed by atoms with van der Waals surface area (Å²) in [7, 11) is 0. The average Bonchev–Trinajstić information content (AvgIpc) is 3.23. The van der Waals surface area contributed by atoms with Gasteiger partial charge in [-0.3, -0.25) is 4.57 Å². The minimum absolute atomic E-state index is 0.00693. The highest BCUT2D eigenvalue weighted by atomic mass is 19.1. The first kappa shape index (κ1) is 17.3. The molecule has 2 atom stereocenters. The molecule has 0 aliphatic heterocycles. The fourth-order valence-electron chi connectivity index (χ4n) is 3.36. The van der Waals surface area contributed by atoms with Gasteiger partial charge >= 0.3 is 0 Å². The van der Waals surface area contributed by atoms with Crippen molar-refractivity contribution in [3.8, 4) is 22.8 Å². The fourth-order valence-corrected chi connectivity index (χ4v) is 3.36. The summed E-state index contributed by atoms with van der Waals surface area (Å²) in [5, 5.41) is 18.5. The quantitative estimate of drug-likeness (QED) is 0.761. The summed E-state index contributed by atoms with van der Waals surface area (Å²) in [6.07, 6.45) is 10.2. The maximum atomic E-state index is 14.2. The summed E-state index contributed by atoms with van der Waals surface area (Å²) in [6, 6.07) is 1.52. The van der Waals surface area contributed by atoms with Crippen LogP contribution in [0, 0.1) is 5.92 Å². The van der Waals surface area contributed by atoms with E-state index in [4.69, 9.17) is 0 Å². The van der Waals surface area contributed by atoms with Gasteiger partial charge in [0.1, 0.15) is 29.8 Å². The first-order chi connectivity index (χ1) is 13.1. The number of rotatable bonds is 4. The minimum atomic E-state index is -0.904. The van der Waals surface area contributed by atoms with E-state index >= 15 is 0 Å². The zero-order chi connectivity index (χ0) is 18.8. The standard InChI is InChI=1S/C19H19FN6O/c1-12(13-4-2-3-5-15(13)20)19-23-10-16(24-25-19)14-9-22-18(8-17(14)27)26-7-6-21-11-26/h6-11,13,15H,1-5H2,(H,22,27)/t13-,15+/m0/s1. The summed E-state index contributed by atoms with van der Waals surface area (Å²) < 4.78 is 15.8. The van der Waals surface area contributed by atoms with E-state index in [1.54, 1.807) is 23.3 Å². The van der Waals surface area contributed by atoms with Gasteiger partial charge in [0.05, 0.1) is 11.8 Å². The van der Waals surface area contributed by atoms with Crippen molar-refractivity contribution in [3.05, 3.63) is 49.6 Å². The Bertz CT molecular complexity index is 941. The van der Waals surface area contributed by atoms with Crippen LogP contribution < -0.4 is 0 Å². The Morgan fingerprint density at radius 2 is 2.04 bits per heavy atom. The Morgan fingerprint density at radius 1 is 1.19 bits per heavy atom. The van der Waals surface area contributed by atoms with Crippen molar-refractivity contribution in [1.29, 1.82) is 0 Å². The maximum Gasteiger partial charge on any atom is 0.177 e. The lowest BCUT2D eigenvalue weighted by atomic mass is 9.82. The highest BCUT2D eigenvalue weighted by molar-refractivity contribution is 5.66. The third-order valence-corrected chi connectivity index (χ3v) is 4.89. The zero-order valence-electron chi connectivity index (χ0n) is 14.7. The van der Waals surface area contributed by atoms with Gasteiger partial charge in [-0.2, -0.15) is 0 Å². The Morgan fingerprint density at radius 3 is 2.70 bits per heavy atom. The molecule has 0 radical (unpaired) electrons. The van der Waals surface area contributed by atoms with Gasteiger partial charge in [0.25, 0.3) is 0 Å². The van der Waals surface area contributed by atoms with Crippen molar-refractivity contribution >= 4 is 5.57 Å². The molecule has 0 aromatic carbocycles. The van der Waals surface area contributed by atoms with Gasteiger partial charge in [-0.1, -0.05) is 19.4 Å². The van der Waals surface area contributed by atoms with E-state index in [0.717, 1.165) is 19.3 Å². The van der Waals surface area contributed by atoms with E-state index in [9.17, 15) is 9.50 Å². The van der Waals surface area contributed by atoms with Crippen LogP contribution in [0.4, 0.5) is 4.39 Å². The molecule has 1 fully saturated rings. The molecule has 8 heteroatoms. The van der Waals surface area contributed by atoms with E-state index in [0.29, 0.717) is 34.9 Å². The summed E-state index contributed by atoms with van der Waals surface area (Å²) >= 11 is 0. The molecule has 3 heterocycles. The average molecular weight is 366 g/mol. The lowest BCUT2D eigenvalue weighted by Crippen LogP contribution is -2.22. The molecule has 0 saturated heterocycles. The normalized spacial score (nSPS) is 19.7. The number of halogens is 1. The van der Waals surface area contributed by atoms with Crippen LogP contribution in [0.5, 0.6) is 5.75 Å². The lowest BCUT2D eigenvalue weighted by molar-refractivity contribution is 0.204. The van der Waals surface area contributed by atoms with Crippen LogP contribution in [0.1, 0.15) is 31.5 Å². The number of alkyl halides is 1. The first-order valence-electron chi connectivity index (χ1n) is 8.84. The monoisotopic (exact) mass is 366 g/mol. The molecule has 3 aromatic rings. The molecule has 138 valence electrons. The largest absolute Gasteiger partial charge is 0.507 e. The van der Waals surface area contributed by atoms with E-state index in [2.05, 4.69) is 31.7 Å². The van der Waals surface area contributed by atoms with Crippen LogP contribution >= 0.6 is 0 Å². The van der Waals surface area contributed by atoms with E-state index in [-0.39, 0.29) is 11.7 Å². The molecule has 7 nitrogen and oxygen atoms in total. The van der Waals surface area contributed by atoms with Crippen LogP contribution in [0.25, 0.3) is 22.6 Å². The molecule has 0 unspecified atom stereocenters. The van der Waals surface area contributed by atoms with E-state index in [1.165, 1.54) is 18.5 Å². The van der Waals surface area contributed by atoms with E-state index in [1.807, 2.05) is 0 Å². The van der Waals surface area contributed by atoms with E-state index < -0.39 is 6.17 Å². The van der Waals surface area contributed by atoms with Gasteiger partial charge in [-0.25, -0.2) is 19.3 Å². The Kier molecular flexibility index (Phi) is 4.62. The molecule has 1 saturated carbocycles. The number of allylic oxidation sites excluding steroid dienone is 1. The topological polar surface area (TPSA) is 89.6 Å². The van der Waals surface area contributed by atoms with Crippen LogP contribution in [0.2, 0.25) is 0 Å². The molecular formula is C19H19FN6O. The molecule has 0 bridgehead atoms. The molecule has 4 rings (SSSR count). The molecule has 3 aromatic heterocycles. The summed E-state index contributed by atoms with van der Waals surface area (Å²) in [5.41, 5.74) is 1.38. The predicted octanol–water partition coefficient (Wildman–Crippen LogP) is 3.37. The van der Waals surface area contributed by atoms with Crippen molar-refractivity contribution in [1.82, 2.24) is 29.7 Å². The third kappa shape index (κ3) is 3.42. The molecule has 1 aliphatic carbocycles. The molecule has 27 heavy (non-hydrogen) atoms. The number of imidazole rings is 1. The van der Waals surface area contributed by atoms with Crippen LogP contribution in [0.15, 0.2) is 43.8 Å². The summed E-state index contributed by atoms with van der Waals surface area (Å²) in [4.78, 5) is 12.5. The number of aromatic hydroxyl groups is 1. The molecule has 1 aliphatic rings. The van der Waals surface area contributed by atoms with Crippen LogP contribution in [-0.2, 0) is 0 Å². The molecule has 0 spiro atoms. The Hall–Kier alpha value is -3.16. The van der Waals surface area contributed by atoms with Crippen molar-refractivity contribution in [2.45, 2.75) is 31.9 Å². The number of nitrogens with zero attached hydrogens (tertiary/aromatic N) is 6. The predicted molar refractivity (Wildman–Crippen MR) is 97.7 cm³/mol. The zero-order valence-corrected chi connectivity index (χ0v) is 14.7. The number of aromatic nitrogens is 6. The van der Waals surface area contributed by atoms with Crippen molar-refractivity contribution in [2.75, 3.05) is 0 Å². The second-order valence-electron chi connectivity index (χ2n) is 6.63. The van der Waals surface area contributed by atoms with Crippen molar-refractivity contribution in [3.63, 3.8) is 0 Å². The summed E-state index contributed by atoms with van der Waals surface area (Å²) in [6.45, 7) is 3.98. The van der Waals surface area contributed by atoms with Gasteiger partial charge in [0, 0.05) is 30.6 Å². The van der Waals surface area contributed by atoms with Gasteiger partial charge in [0.2, 0.25) is 0 Å². The van der Waals surface area contributed by atoms with Gasteiger partial charge < -0.3 is 5.11 Å². The number of hydrogen-bond donors (Lipinski definition) is 1. The Labute approximate surface area is 155 Å². The first-order valence-corrected chi connectivity index (χ1v) is 8.84. The van der Waals surface area contributed by atoms with Crippen LogP contribution in [-0.4, -0.2) is 41.0 Å². The SMILES string of the molecule is C=C(c1ncc(-c2cnc(-n3ccnc3)cc2O)nn1)[C@@H]1CCCC[C@H]1F. The highest BCUT2D eigenvalue weighted by Gasteiger charge is 2.29. The van der Waals surface area contributed by atoms with Gasteiger partial charge in [-0.05, 0) is 18.4 Å². The highest BCUT2D eigenvalue weighted by Crippen LogP contribution is 2.35. The van der Waals surface area contributed by atoms with Gasteiger partial charge in [0.15, 0.2) is 5.82 Å². The Balaban J connectivity index is 1.56. The van der Waals surface area contributed by atoms with Crippen molar-refractivity contribution < 1.29 is 9.50 Å². The second kappa shape index (κ2) is 7.22.